The van der Waals surface area contributed by atoms with E-state index < -0.39 is 5.97 Å². The Bertz CT molecular complexity index is 675. The van der Waals surface area contributed by atoms with Crippen molar-refractivity contribution < 1.29 is 23.5 Å². The zero-order valence-electron chi connectivity index (χ0n) is 11.4. The van der Waals surface area contributed by atoms with Crippen molar-refractivity contribution in [1.82, 2.24) is 0 Å². The standard InChI is InChI=1S/C15H13NO5/c1-18-10-4-5-11-12(6-8-20-14(11)9-10)16-21-15(17)13-3-2-7-19-13/h2-5,7,9H,6,8H2,1H3/b16-12-. The Hall–Kier alpha value is -2.76. The molecule has 0 unspecified atom stereocenters. The molecule has 2 aromatic rings. The van der Waals surface area contributed by atoms with Crippen LogP contribution < -0.4 is 9.47 Å². The van der Waals surface area contributed by atoms with Gasteiger partial charge < -0.3 is 18.7 Å². The highest BCUT2D eigenvalue weighted by Gasteiger charge is 2.19. The summed E-state index contributed by atoms with van der Waals surface area (Å²) in [5, 5.41) is 3.92. The molecule has 1 aliphatic heterocycles. The molecule has 1 aromatic carbocycles. The second kappa shape index (κ2) is 5.70. The van der Waals surface area contributed by atoms with E-state index in [0.29, 0.717) is 30.2 Å². The minimum Gasteiger partial charge on any atom is -0.497 e. The molecule has 0 amide bonds. The number of oxime groups is 1. The Morgan fingerprint density at radius 1 is 1.33 bits per heavy atom. The van der Waals surface area contributed by atoms with Gasteiger partial charge >= 0.3 is 5.97 Å². The molecule has 6 nitrogen and oxygen atoms in total. The molecule has 0 N–H and O–H groups in total. The van der Waals surface area contributed by atoms with Gasteiger partial charge in [0.15, 0.2) is 0 Å². The molecule has 0 atom stereocenters. The van der Waals surface area contributed by atoms with E-state index in [1.54, 1.807) is 25.3 Å². The largest absolute Gasteiger partial charge is 0.497 e. The lowest BCUT2D eigenvalue weighted by Gasteiger charge is -2.18. The van der Waals surface area contributed by atoms with Crippen LogP contribution in [0.4, 0.5) is 0 Å². The van der Waals surface area contributed by atoms with E-state index >= 15 is 0 Å². The highest BCUT2D eigenvalue weighted by Crippen LogP contribution is 2.29. The summed E-state index contributed by atoms with van der Waals surface area (Å²) in [6.07, 6.45) is 1.96. The molecule has 2 heterocycles. The number of hydrogen-bond donors (Lipinski definition) is 0. The molecular weight excluding hydrogens is 274 g/mol. The van der Waals surface area contributed by atoms with Crippen LogP contribution in [0.3, 0.4) is 0 Å². The first-order chi connectivity index (χ1) is 10.3. The second-order valence-electron chi connectivity index (χ2n) is 4.35. The molecule has 1 aliphatic rings. The lowest BCUT2D eigenvalue weighted by atomic mass is 10.0. The van der Waals surface area contributed by atoms with Crippen LogP contribution in [0.1, 0.15) is 22.5 Å². The Labute approximate surface area is 120 Å². The van der Waals surface area contributed by atoms with E-state index in [9.17, 15) is 4.79 Å². The summed E-state index contributed by atoms with van der Waals surface area (Å²) in [6.45, 7) is 0.470. The maximum atomic E-state index is 11.7. The van der Waals surface area contributed by atoms with Crippen LogP contribution in [0.5, 0.6) is 11.5 Å². The van der Waals surface area contributed by atoms with Gasteiger partial charge in [-0.25, -0.2) is 4.79 Å². The molecule has 0 saturated carbocycles. The number of benzene rings is 1. The predicted octanol–water partition coefficient (Wildman–Crippen LogP) is 2.63. The first-order valence-electron chi connectivity index (χ1n) is 6.41. The highest BCUT2D eigenvalue weighted by molar-refractivity contribution is 6.04. The normalized spacial score (nSPS) is 15.2. The lowest BCUT2D eigenvalue weighted by Crippen LogP contribution is -2.17. The van der Waals surface area contributed by atoms with Gasteiger partial charge in [-0.15, -0.1) is 0 Å². The van der Waals surface area contributed by atoms with Gasteiger partial charge in [-0.1, -0.05) is 5.16 Å². The Balaban J connectivity index is 1.81. The van der Waals surface area contributed by atoms with Crippen molar-refractivity contribution in [2.24, 2.45) is 5.16 Å². The SMILES string of the molecule is COc1ccc2c(c1)OCC/C2=N/OC(=O)c1ccco1. The monoisotopic (exact) mass is 287 g/mol. The highest BCUT2D eigenvalue weighted by atomic mass is 16.7. The van der Waals surface area contributed by atoms with Crippen LogP contribution in [0.2, 0.25) is 0 Å². The summed E-state index contributed by atoms with van der Waals surface area (Å²) >= 11 is 0. The minimum absolute atomic E-state index is 0.112. The fourth-order valence-corrected chi connectivity index (χ4v) is 2.01. The van der Waals surface area contributed by atoms with Crippen molar-refractivity contribution in [1.29, 1.82) is 0 Å². The van der Waals surface area contributed by atoms with Crippen LogP contribution in [-0.2, 0) is 4.84 Å². The third-order valence-corrected chi connectivity index (χ3v) is 3.06. The zero-order valence-corrected chi connectivity index (χ0v) is 11.4. The van der Waals surface area contributed by atoms with Gasteiger partial charge in [-0.3, -0.25) is 0 Å². The molecule has 0 radical (unpaired) electrons. The summed E-state index contributed by atoms with van der Waals surface area (Å²) in [5.74, 6) is 0.839. The van der Waals surface area contributed by atoms with Crippen LogP contribution in [0.25, 0.3) is 0 Å². The summed E-state index contributed by atoms with van der Waals surface area (Å²) in [6, 6.07) is 8.54. The molecule has 0 aliphatic carbocycles. The number of furan rings is 1. The van der Waals surface area contributed by atoms with E-state index in [2.05, 4.69) is 5.16 Å². The van der Waals surface area contributed by atoms with Crippen molar-refractivity contribution in [2.45, 2.75) is 6.42 Å². The van der Waals surface area contributed by atoms with E-state index in [1.807, 2.05) is 6.07 Å². The number of carbonyl (C=O) groups is 1. The van der Waals surface area contributed by atoms with Crippen molar-refractivity contribution in [3.05, 3.63) is 47.9 Å². The number of carbonyl (C=O) groups excluding carboxylic acids is 1. The summed E-state index contributed by atoms with van der Waals surface area (Å²) in [5.41, 5.74) is 1.44. The molecule has 0 saturated heterocycles. The number of hydrogen-bond acceptors (Lipinski definition) is 6. The van der Waals surface area contributed by atoms with Crippen LogP contribution in [0, 0.1) is 0 Å². The van der Waals surface area contributed by atoms with Crippen molar-refractivity contribution in [2.75, 3.05) is 13.7 Å². The van der Waals surface area contributed by atoms with Crippen molar-refractivity contribution in [3.63, 3.8) is 0 Å². The molecule has 0 spiro atoms. The van der Waals surface area contributed by atoms with E-state index in [0.717, 1.165) is 5.56 Å². The number of ether oxygens (including phenoxy) is 2. The number of rotatable bonds is 3. The smallest absolute Gasteiger partial charge is 0.400 e. The molecule has 0 fully saturated rings. The molecular formula is C15H13NO5. The maximum absolute atomic E-state index is 11.7. The minimum atomic E-state index is -0.631. The summed E-state index contributed by atoms with van der Waals surface area (Å²) in [4.78, 5) is 16.6. The molecule has 3 rings (SSSR count). The molecule has 1 aromatic heterocycles. The van der Waals surface area contributed by atoms with Crippen molar-refractivity contribution >= 4 is 11.7 Å². The Morgan fingerprint density at radius 2 is 2.24 bits per heavy atom. The van der Waals surface area contributed by atoms with Crippen LogP contribution in [0.15, 0.2) is 46.2 Å². The lowest BCUT2D eigenvalue weighted by molar-refractivity contribution is 0.0478. The van der Waals surface area contributed by atoms with E-state index in [4.69, 9.17) is 18.7 Å². The quantitative estimate of drug-likeness (QED) is 0.641. The third kappa shape index (κ3) is 2.74. The zero-order chi connectivity index (χ0) is 14.7. The molecule has 0 bridgehead atoms. The Morgan fingerprint density at radius 3 is 3.00 bits per heavy atom. The van der Waals surface area contributed by atoms with Gasteiger partial charge in [-0.2, -0.15) is 0 Å². The molecule has 6 heteroatoms. The Kier molecular flexibility index (Phi) is 3.59. The summed E-state index contributed by atoms with van der Waals surface area (Å²) < 4.78 is 15.7. The van der Waals surface area contributed by atoms with Gasteiger partial charge in [0.2, 0.25) is 5.76 Å². The van der Waals surface area contributed by atoms with Gasteiger partial charge in [0.1, 0.15) is 11.5 Å². The van der Waals surface area contributed by atoms with E-state index in [1.165, 1.54) is 12.3 Å². The first kappa shape index (κ1) is 13.2. The topological polar surface area (TPSA) is 70.3 Å². The molecule has 21 heavy (non-hydrogen) atoms. The maximum Gasteiger partial charge on any atom is 0.400 e. The number of fused-ring (bicyclic) bond motifs is 1. The second-order valence-corrected chi connectivity index (χ2v) is 4.35. The number of nitrogens with zero attached hydrogens (tertiary/aromatic N) is 1. The fraction of sp³-hybridized carbons (Fsp3) is 0.200. The average Bonchev–Trinajstić information content (AvgIpc) is 3.06. The first-order valence-corrected chi connectivity index (χ1v) is 6.41. The fourth-order valence-electron chi connectivity index (χ4n) is 2.01. The van der Waals surface area contributed by atoms with Gasteiger partial charge in [0.25, 0.3) is 0 Å². The van der Waals surface area contributed by atoms with Crippen LogP contribution >= 0.6 is 0 Å². The van der Waals surface area contributed by atoms with Gasteiger partial charge in [-0.05, 0) is 24.3 Å². The molecule has 108 valence electrons. The predicted molar refractivity (Wildman–Crippen MR) is 73.8 cm³/mol. The number of methoxy groups -OCH3 is 1. The van der Waals surface area contributed by atoms with Gasteiger partial charge in [0.05, 0.1) is 25.7 Å². The average molecular weight is 287 g/mol. The summed E-state index contributed by atoms with van der Waals surface area (Å²) in [7, 11) is 1.59. The van der Waals surface area contributed by atoms with E-state index in [-0.39, 0.29) is 5.76 Å². The van der Waals surface area contributed by atoms with Gasteiger partial charge in [0, 0.05) is 18.1 Å². The van der Waals surface area contributed by atoms with Crippen LogP contribution in [-0.4, -0.2) is 25.4 Å². The third-order valence-electron chi connectivity index (χ3n) is 3.06. The van der Waals surface area contributed by atoms with Crippen molar-refractivity contribution in [3.8, 4) is 11.5 Å².